The fourth-order valence-corrected chi connectivity index (χ4v) is 1.75. The molecule has 1 saturated carbocycles. The minimum absolute atomic E-state index is 6.69. The minimum atomic E-state index is -8.46. The van der Waals surface area contributed by atoms with Crippen LogP contribution in [0.3, 0.4) is 0 Å². The molecule has 0 aromatic carbocycles. The first-order valence-electron chi connectivity index (χ1n) is 5.57. The van der Waals surface area contributed by atoms with Crippen molar-refractivity contribution in [3.8, 4) is 0 Å². The summed E-state index contributed by atoms with van der Waals surface area (Å²) in [7, 11) is 0. The van der Waals surface area contributed by atoms with Gasteiger partial charge in [-0.3, -0.25) is 0 Å². The first kappa shape index (κ1) is 22.9. The molecule has 1 fully saturated rings. The van der Waals surface area contributed by atoms with Crippen molar-refractivity contribution >= 4 is 0 Å². The van der Waals surface area contributed by atoms with Crippen LogP contribution in [0.5, 0.6) is 0 Å². The Balaban J connectivity index is 4.14. The maximum Gasteiger partial charge on any atom is 0.385 e. The molecule has 1 rings (SSSR count). The van der Waals surface area contributed by atoms with Crippen molar-refractivity contribution in [3.05, 3.63) is 0 Å². The molecule has 0 aliphatic heterocycles. The summed E-state index contributed by atoms with van der Waals surface area (Å²) >= 11 is 0. The Labute approximate surface area is 129 Å². The third-order valence-corrected chi connectivity index (χ3v) is 3.45. The van der Waals surface area contributed by atoms with Crippen molar-refractivity contribution in [2.24, 2.45) is 0 Å². The van der Waals surface area contributed by atoms with E-state index in [1.807, 2.05) is 0 Å². The average Bonchev–Trinajstić information content (AvgIpc) is 2.43. The van der Waals surface area contributed by atoms with E-state index in [1.165, 1.54) is 0 Å². The lowest BCUT2D eigenvalue weighted by Crippen LogP contribution is -2.72. The van der Waals surface area contributed by atoms with E-state index in [2.05, 4.69) is 0 Å². The second-order valence-electron chi connectivity index (χ2n) is 5.05. The topological polar surface area (TPSA) is 0 Å². The highest BCUT2D eigenvalue weighted by atomic mass is 19.4. The Kier molecular flexibility index (Phi) is 4.39. The lowest BCUT2D eigenvalue weighted by Gasteiger charge is -2.40. The first-order valence-corrected chi connectivity index (χ1v) is 5.57. The summed E-state index contributed by atoms with van der Waals surface area (Å²) in [6.45, 7) is 0. The van der Waals surface area contributed by atoms with E-state index in [-0.39, 0.29) is 0 Å². The SMILES string of the molecule is FC1C(F)(F)C(F)(F)C(F)(F)C(F)(F)C(F)(F)C(F)(F)C(F)(F)C1(F)F. The molecule has 0 heterocycles. The van der Waals surface area contributed by atoms with Crippen molar-refractivity contribution in [2.45, 2.75) is 53.6 Å². The second kappa shape index (κ2) is 4.99. The zero-order valence-electron chi connectivity index (χ0n) is 11.0. The van der Waals surface area contributed by atoms with Gasteiger partial charge < -0.3 is 0 Å². The van der Waals surface area contributed by atoms with Gasteiger partial charge in [-0.05, 0) is 0 Å². The minimum Gasteiger partial charge on any atom is -0.234 e. The number of hydrogen-bond donors (Lipinski definition) is 0. The van der Waals surface area contributed by atoms with Crippen LogP contribution in [0.25, 0.3) is 0 Å². The fraction of sp³-hybridized carbons (Fsp3) is 1.00. The number of hydrogen-bond acceptors (Lipinski definition) is 0. The highest BCUT2D eigenvalue weighted by molar-refractivity contribution is 5.21. The van der Waals surface area contributed by atoms with Gasteiger partial charge in [-0.15, -0.1) is 0 Å². The van der Waals surface area contributed by atoms with Crippen molar-refractivity contribution < 1.29 is 74.6 Å². The monoisotopic (exact) mass is 432 g/mol. The van der Waals surface area contributed by atoms with Gasteiger partial charge in [-0.25, -0.2) is 4.39 Å². The standard InChI is InChI=1S/C9HF17/c10-1-2(11,12)4(15,16)6(19,20)8(23,24)9(25,26)7(21,22)5(17,18)3(1,13)14/h1H. The van der Waals surface area contributed by atoms with E-state index in [1.54, 1.807) is 0 Å². The molecule has 0 spiro atoms. The van der Waals surface area contributed by atoms with Crippen molar-refractivity contribution in [2.75, 3.05) is 0 Å². The number of rotatable bonds is 0. The number of alkyl halides is 17. The third kappa shape index (κ3) is 1.99. The molecule has 0 unspecified atom stereocenters. The largest absolute Gasteiger partial charge is 0.385 e. The van der Waals surface area contributed by atoms with Crippen LogP contribution in [0.15, 0.2) is 0 Å². The van der Waals surface area contributed by atoms with Crippen LogP contribution in [0.2, 0.25) is 0 Å². The summed E-state index contributed by atoms with van der Waals surface area (Å²) in [5, 5.41) is 0. The molecule has 0 atom stereocenters. The molecular weight excluding hydrogens is 431 g/mol. The van der Waals surface area contributed by atoms with Crippen LogP contribution >= 0.6 is 0 Å². The van der Waals surface area contributed by atoms with E-state index < -0.39 is 53.6 Å². The summed E-state index contributed by atoms with van der Waals surface area (Å²) in [5.41, 5.74) is 0. The Morgan fingerprint density at radius 1 is 0.308 bits per heavy atom. The van der Waals surface area contributed by atoms with Crippen molar-refractivity contribution in [1.29, 1.82) is 0 Å². The van der Waals surface area contributed by atoms with Gasteiger partial charge in [0, 0.05) is 0 Å². The first-order chi connectivity index (χ1) is 10.9. The van der Waals surface area contributed by atoms with Crippen LogP contribution in [0.4, 0.5) is 74.6 Å². The summed E-state index contributed by atoms with van der Waals surface area (Å²) < 4.78 is 220. The van der Waals surface area contributed by atoms with E-state index in [0.717, 1.165) is 0 Å². The highest BCUT2D eigenvalue weighted by Gasteiger charge is 2.99. The molecule has 0 aromatic heterocycles. The number of halogens is 17. The molecule has 0 saturated heterocycles. The summed E-state index contributed by atoms with van der Waals surface area (Å²) in [5.74, 6) is -66.0. The van der Waals surface area contributed by atoms with Gasteiger partial charge in [0.2, 0.25) is 6.17 Å². The van der Waals surface area contributed by atoms with E-state index in [0.29, 0.717) is 0 Å². The summed E-state index contributed by atoms with van der Waals surface area (Å²) in [6, 6.07) is 0. The molecular formula is C9HF17. The highest BCUT2D eigenvalue weighted by Crippen LogP contribution is 2.67. The van der Waals surface area contributed by atoms with Gasteiger partial charge in [-0.2, -0.15) is 70.2 Å². The van der Waals surface area contributed by atoms with Gasteiger partial charge in [-0.1, -0.05) is 0 Å². The van der Waals surface area contributed by atoms with Crippen molar-refractivity contribution in [1.82, 2.24) is 0 Å². The molecule has 26 heavy (non-hydrogen) atoms. The predicted molar refractivity (Wildman–Crippen MR) is 44.5 cm³/mol. The summed E-state index contributed by atoms with van der Waals surface area (Å²) in [4.78, 5) is 0. The van der Waals surface area contributed by atoms with Gasteiger partial charge >= 0.3 is 47.4 Å². The van der Waals surface area contributed by atoms with E-state index >= 15 is 0 Å². The molecule has 17 heteroatoms. The van der Waals surface area contributed by atoms with Crippen LogP contribution in [0, 0.1) is 0 Å². The van der Waals surface area contributed by atoms with Crippen LogP contribution in [0.1, 0.15) is 0 Å². The second-order valence-corrected chi connectivity index (χ2v) is 5.05. The molecule has 0 N–H and O–H groups in total. The third-order valence-electron chi connectivity index (χ3n) is 3.45. The Morgan fingerprint density at radius 2 is 0.462 bits per heavy atom. The predicted octanol–water partition coefficient (Wildman–Crippen LogP) is 5.42. The van der Waals surface area contributed by atoms with E-state index in [9.17, 15) is 74.6 Å². The lowest BCUT2D eigenvalue weighted by molar-refractivity contribution is -0.439. The normalized spacial score (nSPS) is 33.6. The molecule has 0 amide bonds. The van der Waals surface area contributed by atoms with Crippen LogP contribution in [-0.2, 0) is 0 Å². The van der Waals surface area contributed by atoms with Gasteiger partial charge in [0.1, 0.15) is 0 Å². The molecule has 1 aliphatic rings. The maximum atomic E-state index is 12.9. The molecule has 0 bridgehead atoms. The zero-order chi connectivity index (χ0) is 21.6. The maximum absolute atomic E-state index is 12.9. The molecule has 0 nitrogen and oxygen atoms in total. The molecule has 156 valence electrons. The quantitative estimate of drug-likeness (QED) is 0.449. The van der Waals surface area contributed by atoms with Gasteiger partial charge in [0.25, 0.3) is 0 Å². The molecule has 1 aliphatic carbocycles. The lowest BCUT2D eigenvalue weighted by atomic mass is 9.91. The van der Waals surface area contributed by atoms with Gasteiger partial charge in [0.05, 0.1) is 0 Å². The van der Waals surface area contributed by atoms with Crippen molar-refractivity contribution in [3.63, 3.8) is 0 Å². The Morgan fingerprint density at radius 3 is 0.654 bits per heavy atom. The van der Waals surface area contributed by atoms with Crippen LogP contribution in [-0.4, -0.2) is 53.6 Å². The fourth-order valence-electron chi connectivity index (χ4n) is 1.75. The average molecular weight is 432 g/mol. The van der Waals surface area contributed by atoms with Gasteiger partial charge in [0.15, 0.2) is 0 Å². The van der Waals surface area contributed by atoms with Crippen LogP contribution < -0.4 is 0 Å². The molecule has 0 radical (unpaired) electrons. The smallest absolute Gasteiger partial charge is 0.234 e. The summed E-state index contributed by atoms with van der Waals surface area (Å²) in [6.07, 6.45) is -6.69. The van der Waals surface area contributed by atoms with E-state index in [4.69, 9.17) is 0 Å². The Hall–Kier alpha value is -1.19. The Bertz CT molecular complexity index is 521. The zero-order valence-corrected chi connectivity index (χ0v) is 11.0. The molecule has 0 aromatic rings.